The van der Waals surface area contributed by atoms with Crippen LogP contribution in [0.1, 0.15) is 47.3 Å². The fourth-order valence-electron chi connectivity index (χ4n) is 3.48. The molecule has 0 N–H and O–H groups in total. The molecule has 1 aliphatic heterocycles. The Labute approximate surface area is 149 Å². The van der Waals surface area contributed by atoms with Gasteiger partial charge in [-0.3, -0.25) is 4.79 Å². The summed E-state index contributed by atoms with van der Waals surface area (Å²) in [7, 11) is 3.49. The van der Waals surface area contributed by atoms with Crippen LogP contribution in [0.4, 0.5) is 5.69 Å². The number of aryl methyl sites for hydroxylation is 2. The number of carbonyl (C=O) groups is 1. The second-order valence-corrected chi connectivity index (χ2v) is 7.28. The van der Waals surface area contributed by atoms with Gasteiger partial charge in [-0.15, -0.1) is 0 Å². The van der Waals surface area contributed by atoms with Crippen LogP contribution in [0, 0.1) is 13.8 Å². The predicted octanol–water partition coefficient (Wildman–Crippen LogP) is 3.31. The SMILES string of the molecule is Cc1ccc(N2CCC[C@]2(C)c2nc(C)cc(C(=O)N(C)C)n2)cc1. The van der Waals surface area contributed by atoms with Crippen molar-refractivity contribution in [3.8, 4) is 0 Å². The van der Waals surface area contributed by atoms with Crippen LogP contribution in [-0.2, 0) is 5.54 Å². The van der Waals surface area contributed by atoms with Gasteiger partial charge in [0.1, 0.15) is 5.69 Å². The van der Waals surface area contributed by atoms with E-state index in [0.29, 0.717) is 5.69 Å². The molecule has 0 bridgehead atoms. The number of rotatable bonds is 3. The minimum Gasteiger partial charge on any atom is -0.359 e. The monoisotopic (exact) mass is 338 g/mol. The number of benzene rings is 1. The smallest absolute Gasteiger partial charge is 0.272 e. The molecule has 0 saturated carbocycles. The van der Waals surface area contributed by atoms with Crippen molar-refractivity contribution in [2.45, 2.75) is 39.2 Å². The van der Waals surface area contributed by atoms with Crippen LogP contribution in [0.3, 0.4) is 0 Å². The number of nitrogens with zero attached hydrogens (tertiary/aromatic N) is 4. The first-order chi connectivity index (χ1) is 11.8. The summed E-state index contributed by atoms with van der Waals surface area (Å²) in [6.07, 6.45) is 2.05. The van der Waals surface area contributed by atoms with E-state index in [1.54, 1.807) is 25.1 Å². The third kappa shape index (κ3) is 3.23. The standard InChI is InChI=1S/C20H26N4O/c1-14-7-9-16(10-8-14)24-12-6-11-20(24,3)19-21-15(2)13-17(22-19)18(25)23(4)5/h7-10,13H,6,11-12H2,1-5H3/t20-/m1/s1. The average molecular weight is 338 g/mol. The molecule has 1 fully saturated rings. The third-order valence-electron chi connectivity index (χ3n) is 4.95. The van der Waals surface area contributed by atoms with Crippen molar-refractivity contribution in [2.24, 2.45) is 0 Å². The predicted molar refractivity (Wildman–Crippen MR) is 99.9 cm³/mol. The summed E-state index contributed by atoms with van der Waals surface area (Å²) in [6, 6.07) is 10.3. The molecule has 0 spiro atoms. The van der Waals surface area contributed by atoms with E-state index in [-0.39, 0.29) is 11.4 Å². The fraction of sp³-hybridized carbons (Fsp3) is 0.450. The van der Waals surface area contributed by atoms with Crippen molar-refractivity contribution in [2.75, 3.05) is 25.5 Å². The van der Waals surface area contributed by atoms with Gasteiger partial charge >= 0.3 is 0 Å². The summed E-state index contributed by atoms with van der Waals surface area (Å²) in [5.74, 6) is 0.644. The van der Waals surface area contributed by atoms with E-state index in [2.05, 4.69) is 48.0 Å². The number of hydrogen-bond donors (Lipinski definition) is 0. The number of carbonyl (C=O) groups excluding carboxylic acids is 1. The largest absolute Gasteiger partial charge is 0.359 e. The van der Waals surface area contributed by atoms with E-state index < -0.39 is 0 Å². The molecule has 1 aliphatic rings. The van der Waals surface area contributed by atoms with Gasteiger partial charge in [0.05, 0.1) is 5.54 Å². The van der Waals surface area contributed by atoms with Gasteiger partial charge in [-0.2, -0.15) is 0 Å². The van der Waals surface area contributed by atoms with Crippen LogP contribution in [0.25, 0.3) is 0 Å². The second kappa shape index (κ2) is 6.47. The maximum atomic E-state index is 12.4. The number of hydrogen-bond acceptors (Lipinski definition) is 4. The van der Waals surface area contributed by atoms with Crippen LogP contribution >= 0.6 is 0 Å². The Bertz CT molecular complexity index is 785. The lowest BCUT2D eigenvalue weighted by Crippen LogP contribution is -2.41. The van der Waals surface area contributed by atoms with Gasteiger partial charge in [-0.05, 0) is 51.8 Å². The van der Waals surface area contributed by atoms with Gasteiger partial charge in [0.25, 0.3) is 5.91 Å². The minimum atomic E-state index is -0.303. The summed E-state index contributed by atoms with van der Waals surface area (Å²) in [5, 5.41) is 0. The summed E-state index contributed by atoms with van der Waals surface area (Å²) < 4.78 is 0. The Hall–Kier alpha value is -2.43. The zero-order valence-electron chi connectivity index (χ0n) is 15.7. The lowest BCUT2D eigenvalue weighted by Gasteiger charge is -2.36. The van der Waals surface area contributed by atoms with Gasteiger partial charge in [-0.25, -0.2) is 9.97 Å². The molecular formula is C20H26N4O. The summed E-state index contributed by atoms with van der Waals surface area (Å²) in [4.78, 5) is 25.7. The van der Waals surface area contributed by atoms with Gasteiger partial charge in [0, 0.05) is 32.0 Å². The Morgan fingerprint density at radius 2 is 1.84 bits per heavy atom. The molecule has 5 nitrogen and oxygen atoms in total. The van der Waals surface area contributed by atoms with E-state index in [1.165, 1.54) is 11.3 Å². The van der Waals surface area contributed by atoms with E-state index in [4.69, 9.17) is 4.98 Å². The van der Waals surface area contributed by atoms with Crippen molar-refractivity contribution >= 4 is 11.6 Å². The van der Waals surface area contributed by atoms with Crippen molar-refractivity contribution in [1.29, 1.82) is 0 Å². The molecule has 0 aliphatic carbocycles. The van der Waals surface area contributed by atoms with Crippen molar-refractivity contribution in [1.82, 2.24) is 14.9 Å². The molecule has 0 unspecified atom stereocenters. The molecule has 1 amide bonds. The molecular weight excluding hydrogens is 312 g/mol. The highest BCUT2D eigenvalue weighted by Crippen LogP contribution is 2.40. The molecule has 1 aromatic carbocycles. The molecule has 2 aromatic rings. The first-order valence-electron chi connectivity index (χ1n) is 8.73. The molecule has 25 heavy (non-hydrogen) atoms. The number of anilines is 1. The molecule has 0 radical (unpaired) electrons. The summed E-state index contributed by atoms with van der Waals surface area (Å²) >= 11 is 0. The Kier molecular flexibility index (Phi) is 4.50. The van der Waals surface area contributed by atoms with Crippen molar-refractivity contribution in [3.63, 3.8) is 0 Å². The van der Waals surface area contributed by atoms with Gasteiger partial charge in [0.15, 0.2) is 5.82 Å². The normalized spacial score (nSPS) is 20.0. The van der Waals surface area contributed by atoms with Crippen LogP contribution in [0.2, 0.25) is 0 Å². The lowest BCUT2D eigenvalue weighted by molar-refractivity contribution is 0.0821. The average Bonchev–Trinajstić information content (AvgIpc) is 2.97. The minimum absolute atomic E-state index is 0.0877. The van der Waals surface area contributed by atoms with Gasteiger partial charge in [-0.1, -0.05) is 17.7 Å². The maximum absolute atomic E-state index is 12.4. The first-order valence-corrected chi connectivity index (χ1v) is 8.73. The molecule has 1 atom stereocenters. The molecule has 5 heteroatoms. The zero-order valence-corrected chi connectivity index (χ0v) is 15.7. The quantitative estimate of drug-likeness (QED) is 0.861. The Morgan fingerprint density at radius 3 is 2.48 bits per heavy atom. The molecule has 2 heterocycles. The highest BCUT2D eigenvalue weighted by atomic mass is 16.2. The maximum Gasteiger partial charge on any atom is 0.272 e. The highest BCUT2D eigenvalue weighted by molar-refractivity contribution is 5.92. The van der Waals surface area contributed by atoms with Crippen molar-refractivity contribution in [3.05, 3.63) is 53.1 Å². The Morgan fingerprint density at radius 1 is 1.16 bits per heavy atom. The first kappa shape index (κ1) is 17.4. The topological polar surface area (TPSA) is 49.3 Å². The van der Waals surface area contributed by atoms with Crippen molar-refractivity contribution < 1.29 is 4.79 Å². The molecule has 132 valence electrons. The summed E-state index contributed by atoms with van der Waals surface area (Å²) in [5.41, 5.74) is 3.41. The summed E-state index contributed by atoms with van der Waals surface area (Å²) in [6.45, 7) is 7.16. The lowest BCUT2D eigenvalue weighted by atomic mass is 9.96. The number of amides is 1. The second-order valence-electron chi connectivity index (χ2n) is 7.28. The highest BCUT2D eigenvalue weighted by Gasteiger charge is 2.41. The van der Waals surface area contributed by atoms with E-state index in [1.807, 2.05) is 6.92 Å². The van der Waals surface area contributed by atoms with E-state index >= 15 is 0 Å². The van der Waals surface area contributed by atoms with Crippen LogP contribution in [0.15, 0.2) is 30.3 Å². The van der Waals surface area contributed by atoms with Gasteiger partial charge in [0.2, 0.25) is 0 Å². The van der Waals surface area contributed by atoms with Crippen LogP contribution < -0.4 is 4.90 Å². The fourth-order valence-corrected chi connectivity index (χ4v) is 3.48. The van der Waals surface area contributed by atoms with E-state index in [9.17, 15) is 4.79 Å². The zero-order chi connectivity index (χ0) is 18.2. The molecule has 3 rings (SSSR count). The van der Waals surface area contributed by atoms with Crippen LogP contribution in [-0.4, -0.2) is 41.4 Å². The van der Waals surface area contributed by atoms with Crippen LogP contribution in [0.5, 0.6) is 0 Å². The number of aromatic nitrogens is 2. The Balaban J connectivity index is 2.04. The van der Waals surface area contributed by atoms with Gasteiger partial charge < -0.3 is 9.80 Å². The molecule has 1 aromatic heterocycles. The van der Waals surface area contributed by atoms with E-state index in [0.717, 1.165) is 30.9 Å². The third-order valence-corrected chi connectivity index (χ3v) is 4.95. The molecule has 1 saturated heterocycles.